The van der Waals surface area contributed by atoms with Gasteiger partial charge in [-0.25, -0.2) is 15.0 Å². The molecule has 37 heavy (non-hydrogen) atoms. The van der Waals surface area contributed by atoms with Crippen LogP contribution in [0.25, 0.3) is 0 Å². The first-order valence-electron chi connectivity index (χ1n) is 11.3. The van der Waals surface area contributed by atoms with Crippen LogP contribution in [-0.2, 0) is 4.79 Å². The Labute approximate surface area is 213 Å². The van der Waals surface area contributed by atoms with E-state index >= 15 is 0 Å². The van der Waals surface area contributed by atoms with Gasteiger partial charge in [-0.05, 0) is 48.5 Å². The summed E-state index contributed by atoms with van der Waals surface area (Å²) in [6.07, 6.45) is 1.32. The second-order valence-electron chi connectivity index (χ2n) is 7.61. The van der Waals surface area contributed by atoms with Gasteiger partial charge < -0.3 is 14.2 Å². The molecule has 0 atom stereocenters. The number of hydrazone groups is 1. The Morgan fingerprint density at radius 2 is 1.24 bits per heavy atom. The maximum Gasteiger partial charge on any atom is 0.343 e. The highest BCUT2D eigenvalue weighted by atomic mass is 16.5. The second kappa shape index (κ2) is 12.5. The molecule has 1 amide bonds. The first-order valence-corrected chi connectivity index (χ1v) is 11.3. The minimum absolute atomic E-state index is 0.0887. The quantitative estimate of drug-likeness (QED) is 0.157. The fourth-order valence-electron chi connectivity index (χ4n) is 3.12. The van der Waals surface area contributed by atoms with E-state index in [0.717, 1.165) is 0 Å². The van der Waals surface area contributed by atoms with Crippen LogP contribution < -0.4 is 19.6 Å². The monoisotopic (exact) mass is 494 g/mol. The lowest BCUT2D eigenvalue weighted by Gasteiger charge is -2.10. The molecule has 1 N–H and O–H groups in total. The molecule has 0 aliphatic carbocycles. The van der Waals surface area contributed by atoms with Crippen molar-refractivity contribution >= 4 is 24.1 Å². The number of carbonyl (C=O) groups excluding carboxylic acids is 3. The summed E-state index contributed by atoms with van der Waals surface area (Å²) in [7, 11) is 0. The Hall–Kier alpha value is -5.24. The normalized spacial score (nSPS) is 10.5. The maximum absolute atomic E-state index is 12.7. The minimum atomic E-state index is -0.609. The van der Waals surface area contributed by atoms with E-state index in [1.807, 2.05) is 6.07 Å². The number of amides is 1. The summed E-state index contributed by atoms with van der Waals surface area (Å²) in [4.78, 5) is 37.2. The number of carbonyl (C=O) groups is 3. The number of hydrogen-bond donors (Lipinski definition) is 1. The lowest BCUT2D eigenvalue weighted by atomic mass is 10.2. The van der Waals surface area contributed by atoms with Crippen LogP contribution >= 0.6 is 0 Å². The predicted octanol–water partition coefficient (Wildman–Crippen LogP) is 4.65. The zero-order chi connectivity index (χ0) is 25.9. The van der Waals surface area contributed by atoms with Gasteiger partial charge in [0, 0.05) is 11.6 Å². The molecule has 0 spiro atoms. The lowest BCUT2D eigenvalue weighted by Crippen LogP contribution is -2.24. The molecule has 0 heterocycles. The van der Waals surface area contributed by atoms with Crippen molar-refractivity contribution in [1.82, 2.24) is 5.43 Å². The van der Waals surface area contributed by atoms with E-state index in [1.165, 1.54) is 18.3 Å². The molecule has 0 saturated carbocycles. The van der Waals surface area contributed by atoms with Crippen LogP contribution in [0.2, 0.25) is 0 Å². The standard InChI is InChI=1S/C29H22N2O6/c32-27(20-35-24-14-8-3-9-15-24)31-30-19-23-16-17-25(36-28(33)21-10-4-1-5-11-21)18-26(23)37-29(34)22-12-6-2-7-13-22/h1-19H,20H2,(H,31,32)/b30-19-. The highest BCUT2D eigenvalue weighted by molar-refractivity contribution is 5.94. The van der Waals surface area contributed by atoms with E-state index < -0.39 is 17.8 Å². The van der Waals surface area contributed by atoms with Gasteiger partial charge in [0.15, 0.2) is 6.61 Å². The van der Waals surface area contributed by atoms with Crippen LogP contribution in [0.1, 0.15) is 26.3 Å². The van der Waals surface area contributed by atoms with E-state index in [-0.39, 0.29) is 18.1 Å². The number of esters is 2. The molecule has 0 aromatic heterocycles. The van der Waals surface area contributed by atoms with E-state index in [0.29, 0.717) is 22.4 Å². The molecule has 4 aromatic rings. The Bertz CT molecular complexity index is 1390. The lowest BCUT2D eigenvalue weighted by molar-refractivity contribution is -0.123. The van der Waals surface area contributed by atoms with Gasteiger partial charge in [0.2, 0.25) is 0 Å². The molecule has 184 valence electrons. The zero-order valence-corrected chi connectivity index (χ0v) is 19.6. The van der Waals surface area contributed by atoms with Crippen LogP contribution in [0.5, 0.6) is 17.2 Å². The molecule has 0 aliphatic rings. The summed E-state index contributed by atoms with van der Waals surface area (Å²) in [6, 6.07) is 30.3. The molecule has 0 fully saturated rings. The summed E-state index contributed by atoms with van der Waals surface area (Å²) in [6.45, 7) is -0.231. The Balaban J connectivity index is 1.47. The van der Waals surface area contributed by atoms with E-state index in [2.05, 4.69) is 10.5 Å². The summed E-state index contributed by atoms with van der Waals surface area (Å²) in [5.74, 6) is -0.836. The third-order valence-corrected chi connectivity index (χ3v) is 4.92. The molecule has 0 radical (unpaired) electrons. The molecule has 0 aliphatic heterocycles. The topological polar surface area (TPSA) is 103 Å². The van der Waals surface area contributed by atoms with E-state index in [4.69, 9.17) is 14.2 Å². The maximum atomic E-state index is 12.7. The molecule has 8 nitrogen and oxygen atoms in total. The molecule has 0 saturated heterocycles. The van der Waals surface area contributed by atoms with Gasteiger partial charge in [-0.3, -0.25) is 4.79 Å². The van der Waals surface area contributed by atoms with E-state index in [1.54, 1.807) is 91.0 Å². The smallest absolute Gasteiger partial charge is 0.343 e. The van der Waals surface area contributed by atoms with Crippen LogP contribution in [0.3, 0.4) is 0 Å². The van der Waals surface area contributed by atoms with Crippen LogP contribution in [0.15, 0.2) is 114 Å². The molecule has 0 bridgehead atoms. The average molecular weight is 495 g/mol. The van der Waals surface area contributed by atoms with Crippen LogP contribution in [0.4, 0.5) is 0 Å². The van der Waals surface area contributed by atoms with Gasteiger partial charge in [0.25, 0.3) is 5.91 Å². The number of para-hydroxylation sites is 1. The number of benzene rings is 4. The van der Waals surface area contributed by atoms with E-state index in [9.17, 15) is 14.4 Å². The second-order valence-corrected chi connectivity index (χ2v) is 7.61. The number of rotatable bonds is 9. The Kier molecular flexibility index (Phi) is 8.38. The van der Waals surface area contributed by atoms with Gasteiger partial charge >= 0.3 is 11.9 Å². The van der Waals surface area contributed by atoms with Gasteiger partial charge in [0.1, 0.15) is 17.2 Å². The van der Waals surface area contributed by atoms with Crippen molar-refractivity contribution in [2.45, 2.75) is 0 Å². The average Bonchev–Trinajstić information content (AvgIpc) is 2.94. The van der Waals surface area contributed by atoms with Crippen molar-refractivity contribution < 1.29 is 28.6 Å². The number of ether oxygens (including phenoxy) is 3. The van der Waals surface area contributed by atoms with Gasteiger partial charge in [-0.15, -0.1) is 0 Å². The third kappa shape index (κ3) is 7.37. The predicted molar refractivity (Wildman–Crippen MR) is 137 cm³/mol. The minimum Gasteiger partial charge on any atom is -0.484 e. The van der Waals surface area contributed by atoms with Crippen molar-refractivity contribution in [3.05, 3.63) is 126 Å². The van der Waals surface area contributed by atoms with Gasteiger partial charge in [-0.2, -0.15) is 5.10 Å². The van der Waals surface area contributed by atoms with Crippen LogP contribution in [0, 0.1) is 0 Å². The first kappa shape index (κ1) is 24.9. The molecule has 4 aromatic carbocycles. The summed E-state index contributed by atoms with van der Waals surface area (Å²) < 4.78 is 16.4. The highest BCUT2D eigenvalue weighted by Gasteiger charge is 2.15. The largest absolute Gasteiger partial charge is 0.484 e. The molecule has 4 rings (SSSR count). The summed E-state index contributed by atoms with van der Waals surface area (Å²) in [5.41, 5.74) is 3.44. The fraction of sp³-hybridized carbons (Fsp3) is 0.0345. The number of hydrogen-bond acceptors (Lipinski definition) is 7. The van der Waals surface area contributed by atoms with Gasteiger partial charge in [-0.1, -0.05) is 54.6 Å². The summed E-state index contributed by atoms with van der Waals surface area (Å²) in [5, 5.41) is 3.93. The third-order valence-electron chi connectivity index (χ3n) is 4.92. The van der Waals surface area contributed by atoms with Crippen molar-refractivity contribution in [2.24, 2.45) is 5.10 Å². The molecular formula is C29H22N2O6. The molecule has 0 unspecified atom stereocenters. The molecular weight excluding hydrogens is 472 g/mol. The van der Waals surface area contributed by atoms with Crippen molar-refractivity contribution in [3.8, 4) is 17.2 Å². The first-order chi connectivity index (χ1) is 18.1. The Morgan fingerprint density at radius 3 is 1.86 bits per heavy atom. The van der Waals surface area contributed by atoms with Crippen molar-refractivity contribution in [3.63, 3.8) is 0 Å². The Morgan fingerprint density at radius 1 is 0.676 bits per heavy atom. The zero-order valence-electron chi connectivity index (χ0n) is 19.6. The highest BCUT2D eigenvalue weighted by Crippen LogP contribution is 2.26. The van der Waals surface area contributed by atoms with Gasteiger partial charge in [0.05, 0.1) is 17.3 Å². The number of nitrogens with one attached hydrogen (secondary N) is 1. The van der Waals surface area contributed by atoms with Crippen molar-refractivity contribution in [2.75, 3.05) is 6.61 Å². The number of nitrogens with zero attached hydrogens (tertiary/aromatic N) is 1. The van der Waals surface area contributed by atoms with Crippen molar-refractivity contribution in [1.29, 1.82) is 0 Å². The summed E-state index contributed by atoms with van der Waals surface area (Å²) >= 11 is 0. The fourth-order valence-corrected chi connectivity index (χ4v) is 3.12. The van der Waals surface area contributed by atoms with Crippen LogP contribution in [-0.4, -0.2) is 30.7 Å². The molecule has 8 heteroatoms. The SMILES string of the molecule is O=C(COc1ccccc1)N/N=C\c1ccc(OC(=O)c2ccccc2)cc1OC(=O)c1ccccc1.